The molecule has 1 aromatic carbocycles. The lowest BCUT2D eigenvalue weighted by atomic mass is 9.93. The van der Waals surface area contributed by atoms with Crippen LogP contribution in [-0.4, -0.2) is 23.4 Å². The zero-order chi connectivity index (χ0) is 13.4. The molecule has 1 aromatic rings. The summed E-state index contributed by atoms with van der Waals surface area (Å²) in [5.74, 6) is 0.910. The SMILES string of the molecule is CCCN1C(=O)CC(N)C1c1ccccc1C1CC1. The van der Waals surface area contributed by atoms with E-state index in [0.717, 1.165) is 13.0 Å². The van der Waals surface area contributed by atoms with Gasteiger partial charge in [-0.1, -0.05) is 31.2 Å². The van der Waals surface area contributed by atoms with E-state index in [1.165, 1.54) is 24.0 Å². The van der Waals surface area contributed by atoms with Crippen molar-refractivity contribution in [3.63, 3.8) is 0 Å². The van der Waals surface area contributed by atoms with Crippen LogP contribution in [0.3, 0.4) is 0 Å². The summed E-state index contributed by atoms with van der Waals surface area (Å²) < 4.78 is 0. The molecule has 1 saturated carbocycles. The Morgan fingerprint density at radius 2 is 1.95 bits per heavy atom. The van der Waals surface area contributed by atoms with Crippen molar-refractivity contribution in [3.8, 4) is 0 Å². The normalized spacial score (nSPS) is 27.1. The molecule has 1 saturated heterocycles. The first-order valence-electron chi connectivity index (χ1n) is 7.36. The predicted molar refractivity (Wildman–Crippen MR) is 75.8 cm³/mol. The van der Waals surface area contributed by atoms with Crippen molar-refractivity contribution in [1.82, 2.24) is 4.90 Å². The molecule has 1 aliphatic carbocycles. The Bertz CT molecular complexity index is 481. The van der Waals surface area contributed by atoms with Crippen LogP contribution < -0.4 is 5.73 Å². The molecule has 1 aliphatic heterocycles. The van der Waals surface area contributed by atoms with Crippen molar-refractivity contribution in [2.45, 2.75) is 50.6 Å². The number of likely N-dealkylation sites (tertiary alicyclic amines) is 1. The van der Waals surface area contributed by atoms with E-state index in [-0.39, 0.29) is 18.0 Å². The van der Waals surface area contributed by atoms with Crippen LogP contribution in [-0.2, 0) is 4.79 Å². The van der Waals surface area contributed by atoms with E-state index >= 15 is 0 Å². The quantitative estimate of drug-likeness (QED) is 0.902. The van der Waals surface area contributed by atoms with Crippen molar-refractivity contribution in [1.29, 1.82) is 0 Å². The molecule has 2 aliphatic rings. The topological polar surface area (TPSA) is 46.3 Å². The first-order chi connectivity index (χ1) is 9.22. The predicted octanol–water partition coefficient (Wildman–Crippen LogP) is 2.57. The lowest BCUT2D eigenvalue weighted by Gasteiger charge is -2.28. The van der Waals surface area contributed by atoms with Gasteiger partial charge in [0.1, 0.15) is 0 Å². The molecular formula is C16H22N2O. The molecule has 3 rings (SSSR count). The van der Waals surface area contributed by atoms with E-state index in [1.54, 1.807) is 0 Å². The van der Waals surface area contributed by atoms with E-state index in [4.69, 9.17) is 5.73 Å². The lowest BCUT2D eigenvalue weighted by Crippen LogP contribution is -2.34. The maximum atomic E-state index is 12.1. The molecule has 2 unspecified atom stereocenters. The van der Waals surface area contributed by atoms with Crippen LogP contribution in [0.15, 0.2) is 24.3 Å². The van der Waals surface area contributed by atoms with Crippen molar-refractivity contribution in [3.05, 3.63) is 35.4 Å². The van der Waals surface area contributed by atoms with Gasteiger partial charge in [0, 0.05) is 19.0 Å². The average Bonchev–Trinajstić information content (AvgIpc) is 3.19. The second kappa shape index (κ2) is 4.97. The number of carbonyl (C=O) groups is 1. The van der Waals surface area contributed by atoms with Crippen LogP contribution in [0.25, 0.3) is 0 Å². The number of rotatable bonds is 4. The second-order valence-corrected chi connectivity index (χ2v) is 5.80. The highest BCUT2D eigenvalue weighted by Crippen LogP contribution is 2.45. The number of carbonyl (C=O) groups excluding carboxylic acids is 1. The van der Waals surface area contributed by atoms with Gasteiger partial charge in [0.15, 0.2) is 0 Å². The first-order valence-corrected chi connectivity index (χ1v) is 7.36. The Morgan fingerprint density at radius 3 is 2.58 bits per heavy atom. The summed E-state index contributed by atoms with van der Waals surface area (Å²) in [7, 11) is 0. The highest BCUT2D eigenvalue weighted by Gasteiger charge is 2.40. The van der Waals surface area contributed by atoms with Gasteiger partial charge in [-0.05, 0) is 36.3 Å². The molecule has 3 heteroatoms. The van der Waals surface area contributed by atoms with Gasteiger partial charge in [-0.3, -0.25) is 4.79 Å². The minimum atomic E-state index is -0.0565. The van der Waals surface area contributed by atoms with E-state index in [9.17, 15) is 4.79 Å². The van der Waals surface area contributed by atoms with Crippen LogP contribution in [0.4, 0.5) is 0 Å². The molecule has 0 aromatic heterocycles. The van der Waals surface area contributed by atoms with Gasteiger partial charge < -0.3 is 10.6 Å². The summed E-state index contributed by atoms with van der Waals surface area (Å²) in [6.45, 7) is 2.93. The van der Waals surface area contributed by atoms with Crippen LogP contribution in [0, 0.1) is 0 Å². The van der Waals surface area contributed by atoms with E-state index in [1.807, 2.05) is 4.90 Å². The number of amides is 1. The standard InChI is InChI=1S/C16H22N2O/c1-2-9-18-15(19)10-14(17)16(18)13-6-4-3-5-12(13)11-7-8-11/h3-6,11,14,16H,2,7-10,17H2,1H3. The summed E-state index contributed by atoms with van der Waals surface area (Å²) in [4.78, 5) is 14.1. The Hall–Kier alpha value is -1.35. The molecule has 2 N–H and O–H groups in total. The maximum absolute atomic E-state index is 12.1. The zero-order valence-corrected chi connectivity index (χ0v) is 11.5. The molecule has 3 nitrogen and oxygen atoms in total. The van der Waals surface area contributed by atoms with Gasteiger partial charge in [0.2, 0.25) is 5.91 Å². The third kappa shape index (κ3) is 2.27. The number of nitrogens with zero attached hydrogens (tertiary/aromatic N) is 1. The van der Waals surface area contributed by atoms with Crippen molar-refractivity contribution in [2.24, 2.45) is 5.73 Å². The average molecular weight is 258 g/mol. The second-order valence-electron chi connectivity index (χ2n) is 5.80. The fourth-order valence-corrected chi connectivity index (χ4v) is 3.27. The molecule has 2 atom stereocenters. The third-order valence-corrected chi connectivity index (χ3v) is 4.27. The van der Waals surface area contributed by atoms with Crippen LogP contribution in [0.5, 0.6) is 0 Å². The van der Waals surface area contributed by atoms with Crippen LogP contribution in [0.1, 0.15) is 55.7 Å². The van der Waals surface area contributed by atoms with E-state index in [0.29, 0.717) is 12.3 Å². The number of nitrogens with two attached hydrogens (primary N) is 1. The molecule has 1 heterocycles. The Morgan fingerprint density at radius 1 is 1.26 bits per heavy atom. The van der Waals surface area contributed by atoms with Gasteiger partial charge in [-0.2, -0.15) is 0 Å². The summed E-state index contributed by atoms with van der Waals surface area (Å²) >= 11 is 0. The maximum Gasteiger partial charge on any atom is 0.224 e. The number of hydrogen-bond acceptors (Lipinski definition) is 2. The highest BCUT2D eigenvalue weighted by atomic mass is 16.2. The van der Waals surface area contributed by atoms with Gasteiger partial charge in [0.05, 0.1) is 6.04 Å². The van der Waals surface area contributed by atoms with E-state index < -0.39 is 0 Å². The summed E-state index contributed by atoms with van der Waals surface area (Å²) in [5, 5.41) is 0. The lowest BCUT2D eigenvalue weighted by molar-refractivity contribution is -0.129. The third-order valence-electron chi connectivity index (χ3n) is 4.27. The monoisotopic (exact) mass is 258 g/mol. The van der Waals surface area contributed by atoms with Crippen molar-refractivity contribution < 1.29 is 4.79 Å². The largest absolute Gasteiger partial charge is 0.334 e. The molecule has 1 amide bonds. The van der Waals surface area contributed by atoms with Gasteiger partial charge in [-0.25, -0.2) is 0 Å². The minimum absolute atomic E-state index is 0.0565. The molecule has 0 spiro atoms. The molecule has 19 heavy (non-hydrogen) atoms. The number of hydrogen-bond donors (Lipinski definition) is 1. The van der Waals surface area contributed by atoms with E-state index in [2.05, 4.69) is 31.2 Å². The van der Waals surface area contributed by atoms with Crippen LogP contribution in [0.2, 0.25) is 0 Å². The molecular weight excluding hydrogens is 236 g/mol. The first kappa shape index (κ1) is 12.7. The van der Waals surface area contributed by atoms with Gasteiger partial charge in [0.25, 0.3) is 0 Å². The van der Waals surface area contributed by atoms with Gasteiger partial charge >= 0.3 is 0 Å². The highest BCUT2D eigenvalue weighted by molar-refractivity contribution is 5.80. The fourth-order valence-electron chi connectivity index (χ4n) is 3.27. The zero-order valence-electron chi connectivity index (χ0n) is 11.5. The summed E-state index contributed by atoms with van der Waals surface area (Å²) in [5.41, 5.74) is 8.95. The Kier molecular flexibility index (Phi) is 3.31. The Balaban J connectivity index is 1.97. The fraction of sp³-hybridized carbons (Fsp3) is 0.562. The summed E-state index contributed by atoms with van der Waals surface area (Å²) in [6, 6.07) is 8.58. The molecule has 2 fully saturated rings. The number of benzene rings is 1. The summed E-state index contributed by atoms with van der Waals surface area (Å²) in [6.07, 6.45) is 4.03. The van der Waals surface area contributed by atoms with Crippen molar-refractivity contribution >= 4 is 5.91 Å². The smallest absolute Gasteiger partial charge is 0.224 e. The molecule has 102 valence electrons. The molecule has 0 radical (unpaired) electrons. The van der Waals surface area contributed by atoms with Gasteiger partial charge in [-0.15, -0.1) is 0 Å². The van der Waals surface area contributed by atoms with Crippen molar-refractivity contribution in [2.75, 3.05) is 6.54 Å². The van der Waals surface area contributed by atoms with Crippen LogP contribution >= 0.6 is 0 Å². The molecule has 0 bridgehead atoms. The minimum Gasteiger partial charge on any atom is -0.334 e. The Labute approximate surface area is 114 Å².